The molecule has 7 nitrogen and oxygen atoms in total. The van der Waals surface area contributed by atoms with Crippen molar-refractivity contribution < 1.29 is 12.9 Å². The van der Waals surface area contributed by atoms with Crippen LogP contribution in [-0.2, 0) is 16.6 Å². The highest BCUT2D eigenvalue weighted by Gasteiger charge is 2.35. The Morgan fingerprint density at radius 3 is 2.77 bits per heavy atom. The van der Waals surface area contributed by atoms with E-state index >= 15 is 0 Å². The van der Waals surface area contributed by atoms with Crippen molar-refractivity contribution in [3.8, 4) is 0 Å². The van der Waals surface area contributed by atoms with Crippen molar-refractivity contribution in [1.82, 2.24) is 19.8 Å². The fraction of sp³-hybridized carbons (Fsp3) is 0.857. The van der Waals surface area contributed by atoms with Crippen LogP contribution in [0.15, 0.2) is 4.52 Å². The second kappa shape index (κ2) is 6.25. The van der Waals surface area contributed by atoms with Gasteiger partial charge in [-0.15, -0.1) is 0 Å². The van der Waals surface area contributed by atoms with Crippen LogP contribution in [-0.4, -0.2) is 48.8 Å². The van der Waals surface area contributed by atoms with Crippen LogP contribution in [0.3, 0.4) is 0 Å². The summed E-state index contributed by atoms with van der Waals surface area (Å²) in [5.74, 6) is 2.29. The van der Waals surface area contributed by atoms with Crippen LogP contribution < -0.4 is 4.72 Å². The molecule has 8 heteroatoms. The molecule has 0 unspecified atom stereocenters. The standard InChI is InChI=1S/C14H24N4O3S/c1-3-4-11-7-18(8-12(11)17-22(2,19)20)9-13-15-14(16-21-13)10-5-6-10/h10-12,17H,3-9H2,1-2H3/t11-,12-/m1/s1. The van der Waals surface area contributed by atoms with Gasteiger partial charge in [-0.25, -0.2) is 13.1 Å². The van der Waals surface area contributed by atoms with Gasteiger partial charge in [-0.1, -0.05) is 18.5 Å². The highest BCUT2D eigenvalue weighted by molar-refractivity contribution is 7.88. The van der Waals surface area contributed by atoms with Crippen LogP contribution >= 0.6 is 0 Å². The summed E-state index contributed by atoms with van der Waals surface area (Å²) in [7, 11) is -3.18. The molecule has 2 heterocycles. The molecule has 1 aliphatic heterocycles. The van der Waals surface area contributed by atoms with Gasteiger partial charge in [-0.2, -0.15) is 4.98 Å². The van der Waals surface area contributed by atoms with E-state index in [0.29, 0.717) is 30.8 Å². The topological polar surface area (TPSA) is 88.3 Å². The summed E-state index contributed by atoms with van der Waals surface area (Å²) in [4.78, 5) is 6.65. The van der Waals surface area contributed by atoms with E-state index < -0.39 is 10.0 Å². The first kappa shape index (κ1) is 15.9. The van der Waals surface area contributed by atoms with Crippen LogP contribution in [0.5, 0.6) is 0 Å². The molecule has 124 valence electrons. The Bertz CT molecular complexity index is 611. The Balaban J connectivity index is 1.61. The zero-order valence-corrected chi connectivity index (χ0v) is 14.0. The van der Waals surface area contributed by atoms with Crippen LogP contribution in [0.2, 0.25) is 0 Å². The fourth-order valence-electron chi connectivity index (χ4n) is 3.19. The summed E-state index contributed by atoms with van der Waals surface area (Å²) in [5, 5.41) is 4.03. The summed E-state index contributed by atoms with van der Waals surface area (Å²) in [6, 6.07) is -0.0271. The summed E-state index contributed by atoms with van der Waals surface area (Å²) in [6.07, 6.45) is 5.59. The van der Waals surface area contributed by atoms with E-state index in [4.69, 9.17) is 4.52 Å². The average Bonchev–Trinajstić information content (AvgIpc) is 3.07. The lowest BCUT2D eigenvalue weighted by atomic mass is 9.99. The van der Waals surface area contributed by atoms with Gasteiger partial charge in [0.2, 0.25) is 15.9 Å². The Hall–Kier alpha value is -0.990. The van der Waals surface area contributed by atoms with Gasteiger partial charge in [-0.3, -0.25) is 4.90 Å². The van der Waals surface area contributed by atoms with Gasteiger partial charge in [0, 0.05) is 25.0 Å². The molecular weight excluding hydrogens is 304 g/mol. The quantitative estimate of drug-likeness (QED) is 0.806. The molecule has 0 amide bonds. The summed E-state index contributed by atoms with van der Waals surface area (Å²) in [6.45, 7) is 4.28. The zero-order valence-electron chi connectivity index (χ0n) is 13.2. The first-order chi connectivity index (χ1) is 10.4. The Morgan fingerprint density at radius 2 is 2.14 bits per heavy atom. The van der Waals surface area contributed by atoms with Crippen molar-refractivity contribution in [3.05, 3.63) is 11.7 Å². The van der Waals surface area contributed by atoms with E-state index in [1.807, 2.05) is 0 Å². The molecule has 0 aromatic carbocycles. The summed E-state index contributed by atoms with van der Waals surface area (Å²) < 4.78 is 31.1. The molecule has 1 saturated heterocycles. The van der Waals surface area contributed by atoms with Gasteiger partial charge >= 0.3 is 0 Å². The van der Waals surface area contributed by atoms with Crippen LogP contribution in [0.25, 0.3) is 0 Å². The maximum atomic E-state index is 11.5. The maximum absolute atomic E-state index is 11.5. The van der Waals surface area contributed by atoms with E-state index in [1.165, 1.54) is 6.26 Å². The largest absolute Gasteiger partial charge is 0.338 e. The number of hydrogen-bond donors (Lipinski definition) is 1. The van der Waals surface area contributed by atoms with Gasteiger partial charge in [0.1, 0.15) is 0 Å². The van der Waals surface area contributed by atoms with E-state index in [-0.39, 0.29) is 6.04 Å². The molecule has 2 fully saturated rings. The van der Waals surface area contributed by atoms with Gasteiger partial charge in [0.05, 0.1) is 12.8 Å². The van der Waals surface area contributed by atoms with Crippen LogP contribution in [0, 0.1) is 5.92 Å². The molecule has 1 aromatic heterocycles. The summed E-state index contributed by atoms with van der Waals surface area (Å²) >= 11 is 0. The van der Waals surface area contributed by atoms with Crippen LogP contribution in [0.1, 0.15) is 50.2 Å². The minimum absolute atomic E-state index is 0.0271. The smallest absolute Gasteiger partial charge is 0.240 e. The van der Waals surface area contributed by atoms with Gasteiger partial charge in [-0.05, 0) is 25.2 Å². The SMILES string of the molecule is CCC[C@@H]1CN(Cc2nc(C3CC3)no2)C[C@H]1NS(C)(=O)=O. The van der Waals surface area contributed by atoms with Crippen molar-refractivity contribution in [2.75, 3.05) is 19.3 Å². The number of aromatic nitrogens is 2. The molecule has 0 spiro atoms. The number of hydrogen-bond acceptors (Lipinski definition) is 6. The second-order valence-corrected chi connectivity index (χ2v) is 8.34. The Labute approximate surface area is 131 Å². The van der Waals surface area contributed by atoms with E-state index in [2.05, 4.69) is 26.7 Å². The number of rotatable bonds is 7. The molecule has 1 N–H and O–H groups in total. The first-order valence-corrected chi connectivity index (χ1v) is 9.86. The Kier molecular flexibility index (Phi) is 4.52. The molecule has 1 aliphatic carbocycles. The maximum Gasteiger partial charge on any atom is 0.240 e. The highest BCUT2D eigenvalue weighted by atomic mass is 32.2. The molecule has 1 saturated carbocycles. The molecular formula is C14H24N4O3S. The monoisotopic (exact) mass is 328 g/mol. The van der Waals surface area contributed by atoms with E-state index in [0.717, 1.165) is 38.1 Å². The van der Waals surface area contributed by atoms with Crippen molar-refractivity contribution >= 4 is 10.0 Å². The van der Waals surface area contributed by atoms with Crippen molar-refractivity contribution in [1.29, 1.82) is 0 Å². The predicted molar refractivity (Wildman–Crippen MR) is 81.7 cm³/mol. The molecule has 1 aromatic rings. The number of likely N-dealkylation sites (tertiary alicyclic amines) is 1. The molecule has 22 heavy (non-hydrogen) atoms. The lowest BCUT2D eigenvalue weighted by Crippen LogP contribution is -2.39. The lowest BCUT2D eigenvalue weighted by Gasteiger charge is -2.17. The van der Waals surface area contributed by atoms with Crippen molar-refractivity contribution in [2.24, 2.45) is 5.92 Å². The predicted octanol–water partition coefficient (Wildman–Crippen LogP) is 1.10. The minimum atomic E-state index is -3.18. The molecule has 0 bridgehead atoms. The van der Waals surface area contributed by atoms with Crippen molar-refractivity contribution in [2.45, 2.75) is 51.1 Å². The second-order valence-electron chi connectivity index (χ2n) is 6.56. The first-order valence-electron chi connectivity index (χ1n) is 7.96. The number of sulfonamides is 1. The third-order valence-corrected chi connectivity index (χ3v) is 5.06. The van der Waals surface area contributed by atoms with E-state index in [9.17, 15) is 8.42 Å². The Morgan fingerprint density at radius 1 is 1.36 bits per heavy atom. The normalized spacial score (nSPS) is 26.6. The molecule has 2 aliphatic rings. The third kappa shape index (κ3) is 4.05. The zero-order chi connectivity index (χ0) is 15.7. The highest BCUT2D eigenvalue weighted by Crippen LogP contribution is 2.38. The minimum Gasteiger partial charge on any atom is -0.338 e. The molecule has 0 radical (unpaired) electrons. The lowest BCUT2D eigenvalue weighted by molar-refractivity contribution is 0.257. The number of nitrogens with one attached hydrogen (secondary N) is 1. The molecule has 3 rings (SSSR count). The third-order valence-electron chi connectivity index (χ3n) is 4.33. The molecule has 2 atom stereocenters. The van der Waals surface area contributed by atoms with Gasteiger partial charge in [0.25, 0.3) is 0 Å². The van der Waals surface area contributed by atoms with Crippen LogP contribution in [0.4, 0.5) is 0 Å². The fourth-order valence-corrected chi connectivity index (χ4v) is 4.01. The van der Waals surface area contributed by atoms with Crippen molar-refractivity contribution in [3.63, 3.8) is 0 Å². The number of nitrogens with zero attached hydrogens (tertiary/aromatic N) is 3. The van der Waals surface area contributed by atoms with Gasteiger partial charge in [0.15, 0.2) is 5.82 Å². The average molecular weight is 328 g/mol. The van der Waals surface area contributed by atoms with E-state index in [1.54, 1.807) is 0 Å². The summed E-state index contributed by atoms with van der Waals surface area (Å²) in [5.41, 5.74) is 0. The van der Waals surface area contributed by atoms with Gasteiger partial charge < -0.3 is 4.52 Å².